The Balaban J connectivity index is 1.39. The molecule has 7 nitrogen and oxygen atoms in total. The number of nitrogens with one attached hydrogen (secondary N) is 1. The van der Waals surface area contributed by atoms with E-state index in [1.807, 2.05) is 27.9 Å². The normalized spacial score (nSPS) is 20.0. The van der Waals surface area contributed by atoms with Crippen LogP contribution in [0.2, 0.25) is 0 Å². The third-order valence-electron chi connectivity index (χ3n) is 5.06. The summed E-state index contributed by atoms with van der Waals surface area (Å²) in [6.07, 6.45) is 5.99. The Morgan fingerprint density at radius 2 is 2.23 bits per heavy atom. The van der Waals surface area contributed by atoms with Crippen LogP contribution < -0.4 is 10.2 Å². The third-order valence-corrected chi connectivity index (χ3v) is 5.06. The predicted molar refractivity (Wildman–Crippen MR) is 100 cm³/mol. The molecule has 0 saturated carbocycles. The number of hydrogen-bond acceptors (Lipinski definition) is 4. The number of ether oxygens (including phenoxy) is 1. The van der Waals surface area contributed by atoms with Crippen LogP contribution in [0.25, 0.3) is 0 Å². The Bertz CT molecular complexity index is 769. The zero-order valence-electron chi connectivity index (χ0n) is 15.1. The van der Waals surface area contributed by atoms with Gasteiger partial charge in [-0.1, -0.05) is 18.2 Å². The van der Waals surface area contributed by atoms with Crippen molar-refractivity contribution in [1.82, 2.24) is 14.7 Å². The maximum absolute atomic E-state index is 12.7. The van der Waals surface area contributed by atoms with Crippen molar-refractivity contribution in [2.75, 3.05) is 37.0 Å². The number of fused-ring (bicyclic) bond motifs is 1. The molecule has 1 atom stereocenters. The molecule has 0 aliphatic carbocycles. The molecule has 138 valence electrons. The highest BCUT2D eigenvalue weighted by Crippen LogP contribution is 2.24. The SMILES string of the molecule is CN1CCN(C(=O)Nc2cnn(CC3CCCO3)c2)Cc2ccccc21. The highest BCUT2D eigenvalue weighted by molar-refractivity contribution is 5.89. The second-order valence-electron chi connectivity index (χ2n) is 6.99. The van der Waals surface area contributed by atoms with Crippen molar-refractivity contribution < 1.29 is 9.53 Å². The van der Waals surface area contributed by atoms with Crippen molar-refractivity contribution >= 4 is 17.4 Å². The van der Waals surface area contributed by atoms with Crippen molar-refractivity contribution in [3.63, 3.8) is 0 Å². The van der Waals surface area contributed by atoms with Crippen molar-refractivity contribution in [1.29, 1.82) is 0 Å². The largest absolute Gasteiger partial charge is 0.376 e. The number of benzene rings is 1. The molecule has 3 heterocycles. The van der Waals surface area contributed by atoms with Crippen LogP contribution in [0.3, 0.4) is 0 Å². The predicted octanol–water partition coefficient (Wildman–Crippen LogP) is 2.55. The molecule has 1 unspecified atom stereocenters. The first kappa shape index (κ1) is 16.9. The first-order valence-electron chi connectivity index (χ1n) is 9.18. The average molecular weight is 355 g/mol. The highest BCUT2D eigenvalue weighted by Gasteiger charge is 2.22. The number of anilines is 2. The van der Waals surface area contributed by atoms with E-state index in [9.17, 15) is 4.79 Å². The van der Waals surface area contributed by atoms with Gasteiger partial charge in [0.2, 0.25) is 0 Å². The van der Waals surface area contributed by atoms with Crippen molar-refractivity contribution in [2.24, 2.45) is 0 Å². The van der Waals surface area contributed by atoms with E-state index in [0.29, 0.717) is 13.1 Å². The Hall–Kier alpha value is -2.54. The minimum absolute atomic E-state index is 0.0910. The highest BCUT2D eigenvalue weighted by atomic mass is 16.5. The number of para-hydroxylation sites is 1. The van der Waals surface area contributed by atoms with E-state index in [1.54, 1.807) is 6.20 Å². The maximum Gasteiger partial charge on any atom is 0.322 e. The topological polar surface area (TPSA) is 62.6 Å². The molecule has 7 heteroatoms. The van der Waals surface area contributed by atoms with Gasteiger partial charge < -0.3 is 19.9 Å². The van der Waals surface area contributed by atoms with Crippen LogP contribution in [0.15, 0.2) is 36.7 Å². The standard InChI is InChI=1S/C19H25N5O2/c1-22-8-9-23(12-15-5-2-3-7-18(15)22)19(25)21-16-11-20-24(13-16)14-17-6-4-10-26-17/h2-3,5,7,11,13,17H,4,6,8-10,12,14H2,1H3,(H,21,25). The number of likely N-dealkylation sites (N-methyl/N-ethyl adjacent to an activating group) is 1. The van der Waals surface area contributed by atoms with Crippen LogP contribution in [0, 0.1) is 0 Å². The van der Waals surface area contributed by atoms with Gasteiger partial charge in [-0.05, 0) is 24.5 Å². The molecule has 2 aliphatic heterocycles. The van der Waals surface area contributed by atoms with Gasteiger partial charge in [-0.3, -0.25) is 4.68 Å². The number of hydrogen-bond donors (Lipinski definition) is 1. The van der Waals surface area contributed by atoms with E-state index in [-0.39, 0.29) is 12.1 Å². The second-order valence-corrected chi connectivity index (χ2v) is 6.99. The van der Waals surface area contributed by atoms with Gasteiger partial charge in [0.1, 0.15) is 0 Å². The number of rotatable bonds is 3. The lowest BCUT2D eigenvalue weighted by Crippen LogP contribution is -2.37. The monoisotopic (exact) mass is 355 g/mol. The molecule has 2 amide bonds. The zero-order chi connectivity index (χ0) is 17.9. The van der Waals surface area contributed by atoms with Crippen molar-refractivity contribution in [3.05, 3.63) is 42.2 Å². The number of aromatic nitrogens is 2. The Morgan fingerprint density at radius 3 is 3.08 bits per heavy atom. The van der Waals surface area contributed by atoms with Gasteiger partial charge in [0, 0.05) is 45.2 Å². The van der Waals surface area contributed by atoms with Crippen molar-refractivity contribution in [3.8, 4) is 0 Å². The van der Waals surface area contributed by atoms with Gasteiger partial charge in [-0.25, -0.2) is 4.79 Å². The van der Waals surface area contributed by atoms with Crippen LogP contribution in [-0.2, 0) is 17.8 Å². The molecular weight excluding hydrogens is 330 g/mol. The molecule has 0 spiro atoms. The molecule has 26 heavy (non-hydrogen) atoms. The summed E-state index contributed by atoms with van der Waals surface area (Å²) in [6, 6.07) is 8.14. The Kier molecular flexibility index (Phi) is 4.79. The van der Waals surface area contributed by atoms with E-state index in [2.05, 4.69) is 34.5 Å². The molecular formula is C19H25N5O2. The summed E-state index contributed by atoms with van der Waals surface area (Å²) >= 11 is 0. The molecule has 0 bridgehead atoms. The summed E-state index contributed by atoms with van der Waals surface area (Å²) in [6.45, 7) is 3.67. The number of carbonyl (C=O) groups is 1. The number of amides is 2. The molecule has 4 rings (SSSR count). The smallest absolute Gasteiger partial charge is 0.322 e. The minimum atomic E-state index is -0.0910. The fraction of sp³-hybridized carbons (Fsp3) is 0.474. The van der Waals surface area contributed by atoms with Crippen LogP contribution >= 0.6 is 0 Å². The maximum atomic E-state index is 12.7. The fourth-order valence-corrected chi connectivity index (χ4v) is 3.59. The van der Waals surface area contributed by atoms with Crippen LogP contribution in [0.5, 0.6) is 0 Å². The molecule has 1 aromatic carbocycles. The van der Waals surface area contributed by atoms with E-state index >= 15 is 0 Å². The third kappa shape index (κ3) is 3.67. The quantitative estimate of drug-likeness (QED) is 0.919. The molecule has 1 fully saturated rings. The van der Waals surface area contributed by atoms with Gasteiger partial charge in [0.15, 0.2) is 0 Å². The fourth-order valence-electron chi connectivity index (χ4n) is 3.59. The molecule has 1 aromatic heterocycles. The number of carbonyl (C=O) groups excluding carboxylic acids is 1. The Morgan fingerprint density at radius 1 is 1.35 bits per heavy atom. The lowest BCUT2D eigenvalue weighted by Gasteiger charge is -2.21. The molecule has 1 N–H and O–H groups in total. The first-order valence-corrected chi connectivity index (χ1v) is 9.18. The second kappa shape index (κ2) is 7.37. The number of urea groups is 1. The average Bonchev–Trinajstić information content (AvgIpc) is 3.27. The van der Waals surface area contributed by atoms with Gasteiger partial charge in [0.05, 0.1) is 24.5 Å². The van der Waals surface area contributed by atoms with Crippen LogP contribution in [-0.4, -0.2) is 53.6 Å². The molecule has 0 radical (unpaired) electrons. The van der Waals surface area contributed by atoms with E-state index in [4.69, 9.17) is 4.74 Å². The van der Waals surface area contributed by atoms with Crippen LogP contribution in [0.4, 0.5) is 16.2 Å². The summed E-state index contributed by atoms with van der Waals surface area (Å²) in [4.78, 5) is 16.8. The molecule has 1 saturated heterocycles. The number of nitrogens with zero attached hydrogens (tertiary/aromatic N) is 4. The Labute approximate surface area is 153 Å². The summed E-state index contributed by atoms with van der Waals surface area (Å²) < 4.78 is 7.48. The first-order chi connectivity index (χ1) is 12.7. The molecule has 2 aliphatic rings. The summed E-state index contributed by atoms with van der Waals surface area (Å²) in [5.74, 6) is 0. The van der Waals surface area contributed by atoms with Gasteiger partial charge in [-0.2, -0.15) is 5.10 Å². The summed E-state index contributed by atoms with van der Waals surface area (Å²) in [5.41, 5.74) is 3.07. The lowest BCUT2D eigenvalue weighted by molar-refractivity contribution is 0.0940. The lowest BCUT2D eigenvalue weighted by atomic mass is 10.1. The van der Waals surface area contributed by atoms with Gasteiger partial charge >= 0.3 is 6.03 Å². The molecule has 2 aromatic rings. The van der Waals surface area contributed by atoms with E-state index in [0.717, 1.165) is 43.8 Å². The summed E-state index contributed by atoms with van der Waals surface area (Å²) in [5, 5.41) is 7.31. The van der Waals surface area contributed by atoms with Crippen molar-refractivity contribution in [2.45, 2.75) is 32.0 Å². The van der Waals surface area contributed by atoms with Crippen LogP contribution in [0.1, 0.15) is 18.4 Å². The summed E-state index contributed by atoms with van der Waals surface area (Å²) in [7, 11) is 2.06. The van der Waals surface area contributed by atoms with E-state index in [1.165, 1.54) is 5.69 Å². The van der Waals surface area contributed by atoms with E-state index < -0.39 is 0 Å². The minimum Gasteiger partial charge on any atom is -0.376 e. The zero-order valence-corrected chi connectivity index (χ0v) is 15.1. The van der Waals surface area contributed by atoms with Gasteiger partial charge in [0.25, 0.3) is 0 Å². The van der Waals surface area contributed by atoms with Gasteiger partial charge in [-0.15, -0.1) is 0 Å².